The minimum absolute atomic E-state index is 0.0171. The second kappa shape index (κ2) is 5.37. The van der Waals surface area contributed by atoms with Gasteiger partial charge in [-0.1, -0.05) is 0 Å². The van der Waals surface area contributed by atoms with Crippen molar-refractivity contribution in [2.24, 2.45) is 0 Å². The fraction of sp³-hybridized carbons (Fsp3) is 0.667. The van der Waals surface area contributed by atoms with Gasteiger partial charge in [0.2, 0.25) is 0 Å². The first-order valence-corrected chi connectivity index (χ1v) is 5.00. The van der Waals surface area contributed by atoms with Crippen LogP contribution in [0.5, 0.6) is 0 Å². The second-order valence-corrected chi connectivity index (χ2v) is 3.64. The van der Waals surface area contributed by atoms with Gasteiger partial charge in [-0.2, -0.15) is 0 Å². The molecule has 1 rings (SSSR count). The number of esters is 1. The van der Waals surface area contributed by atoms with E-state index in [4.69, 9.17) is 10.2 Å². The molecule has 0 aromatic rings. The van der Waals surface area contributed by atoms with E-state index in [2.05, 4.69) is 4.74 Å². The number of carbonyl (C=O) groups is 3. The van der Waals surface area contributed by atoms with Gasteiger partial charge in [0.05, 0.1) is 19.6 Å². The third-order valence-corrected chi connectivity index (χ3v) is 2.63. The highest BCUT2D eigenvalue weighted by Gasteiger charge is 2.33. The molecular formula is C9H14N2O6. The molecule has 2 amide bonds. The Morgan fingerprint density at radius 1 is 1.24 bits per heavy atom. The molecule has 0 aliphatic carbocycles. The van der Waals surface area contributed by atoms with Crippen molar-refractivity contribution in [3.63, 3.8) is 0 Å². The number of piperazine rings is 1. The molecule has 0 spiro atoms. The molecule has 2 N–H and O–H groups in total. The Labute approximate surface area is 97.4 Å². The van der Waals surface area contributed by atoms with Gasteiger partial charge in [0.15, 0.2) is 0 Å². The maximum absolute atomic E-state index is 11.1. The van der Waals surface area contributed by atoms with Crippen molar-refractivity contribution in [3.05, 3.63) is 0 Å². The highest BCUT2D eigenvalue weighted by atomic mass is 16.5. The van der Waals surface area contributed by atoms with Crippen LogP contribution in [0, 0.1) is 0 Å². The van der Waals surface area contributed by atoms with Crippen LogP contribution in [-0.2, 0) is 9.53 Å². The number of hydrogen-bond donors (Lipinski definition) is 2. The van der Waals surface area contributed by atoms with Crippen LogP contribution in [0.4, 0.5) is 9.59 Å². The minimum atomic E-state index is -1.16. The van der Waals surface area contributed by atoms with Crippen molar-refractivity contribution in [3.8, 4) is 0 Å². The van der Waals surface area contributed by atoms with Crippen LogP contribution in [0.3, 0.4) is 0 Å². The number of ether oxygens (including phenoxy) is 1. The van der Waals surface area contributed by atoms with Gasteiger partial charge in [-0.05, 0) is 0 Å². The summed E-state index contributed by atoms with van der Waals surface area (Å²) in [5.41, 5.74) is 0. The van der Waals surface area contributed by atoms with Gasteiger partial charge in [-0.25, -0.2) is 9.59 Å². The number of carbonyl (C=O) groups excluding carboxylic acids is 1. The Kier molecular flexibility index (Phi) is 4.13. The molecule has 1 atom stereocenters. The highest BCUT2D eigenvalue weighted by Crippen LogP contribution is 2.14. The number of amides is 2. The summed E-state index contributed by atoms with van der Waals surface area (Å²) in [6.07, 6.45) is -2.43. The van der Waals surface area contributed by atoms with E-state index in [0.29, 0.717) is 0 Å². The van der Waals surface area contributed by atoms with Crippen molar-refractivity contribution < 1.29 is 29.3 Å². The van der Waals surface area contributed by atoms with E-state index < -0.39 is 24.2 Å². The van der Waals surface area contributed by atoms with Crippen molar-refractivity contribution in [1.82, 2.24) is 9.80 Å². The van der Waals surface area contributed by atoms with Crippen molar-refractivity contribution >= 4 is 18.2 Å². The standard InChI is InChI=1S/C9H14N2O6/c1-17-7(12)4-6-5-10(8(13)14)2-3-11(6)9(15)16/h6H,2-5H2,1H3,(H,13,14)(H,15,16). The Bertz CT molecular complexity index is 331. The zero-order chi connectivity index (χ0) is 13.0. The maximum atomic E-state index is 11.1. The summed E-state index contributed by atoms with van der Waals surface area (Å²) in [5, 5.41) is 17.7. The second-order valence-electron chi connectivity index (χ2n) is 3.64. The molecular weight excluding hydrogens is 232 g/mol. The summed E-state index contributed by atoms with van der Waals surface area (Å²) >= 11 is 0. The summed E-state index contributed by atoms with van der Waals surface area (Å²) < 4.78 is 4.45. The molecule has 96 valence electrons. The number of methoxy groups -OCH3 is 1. The lowest BCUT2D eigenvalue weighted by molar-refractivity contribution is -0.142. The van der Waals surface area contributed by atoms with E-state index in [9.17, 15) is 14.4 Å². The third-order valence-electron chi connectivity index (χ3n) is 2.63. The fourth-order valence-corrected chi connectivity index (χ4v) is 1.73. The Hall–Kier alpha value is -1.99. The van der Waals surface area contributed by atoms with Crippen LogP contribution in [0.25, 0.3) is 0 Å². The molecule has 1 aliphatic heterocycles. The summed E-state index contributed by atoms with van der Waals surface area (Å²) in [7, 11) is 1.20. The Balaban J connectivity index is 2.72. The first-order chi connectivity index (χ1) is 7.95. The smallest absolute Gasteiger partial charge is 0.407 e. The van der Waals surface area contributed by atoms with E-state index in [-0.39, 0.29) is 26.1 Å². The third kappa shape index (κ3) is 3.23. The normalized spacial score (nSPS) is 19.9. The van der Waals surface area contributed by atoms with Crippen LogP contribution in [0.15, 0.2) is 0 Å². The van der Waals surface area contributed by atoms with Crippen molar-refractivity contribution in [2.45, 2.75) is 12.5 Å². The van der Waals surface area contributed by atoms with Gasteiger partial charge >= 0.3 is 18.2 Å². The molecule has 8 nitrogen and oxygen atoms in total. The van der Waals surface area contributed by atoms with Gasteiger partial charge in [0, 0.05) is 19.6 Å². The van der Waals surface area contributed by atoms with Gasteiger partial charge in [0.1, 0.15) is 0 Å². The minimum Gasteiger partial charge on any atom is -0.469 e. The van der Waals surface area contributed by atoms with Gasteiger partial charge in [0.25, 0.3) is 0 Å². The number of carboxylic acid groups (broad SMARTS) is 2. The molecule has 0 aromatic heterocycles. The zero-order valence-corrected chi connectivity index (χ0v) is 9.33. The average molecular weight is 246 g/mol. The Morgan fingerprint density at radius 3 is 2.35 bits per heavy atom. The van der Waals surface area contributed by atoms with Crippen LogP contribution in [-0.4, -0.2) is 71.0 Å². The van der Waals surface area contributed by atoms with Crippen LogP contribution in [0.2, 0.25) is 0 Å². The molecule has 1 saturated heterocycles. The summed E-state index contributed by atoms with van der Waals surface area (Å²) in [6, 6.07) is -0.690. The molecule has 1 aliphatic rings. The van der Waals surface area contributed by atoms with Crippen molar-refractivity contribution in [2.75, 3.05) is 26.7 Å². The largest absolute Gasteiger partial charge is 0.469 e. The van der Waals surface area contributed by atoms with Crippen LogP contribution in [0.1, 0.15) is 6.42 Å². The van der Waals surface area contributed by atoms with Gasteiger partial charge < -0.3 is 24.7 Å². The fourth-order valence-electron chi connectivity index (χ4n) is 1.73. The van der Waals surface area contributed by atoms with Crippen LogP contribution < -0.4 is 0 Å². The SMILES string of the molecule is COC(=O)CC1CN(C(=O)O)CCN1C(=O)O. The molecule has 17 heavy (non-hydrogen) atoms. The molecule has 0 radical (unpaired) electrons. The van der Waals surface area contributed by atoms with E-state index >= 15 is 0 Å². The Morgan fingerprint density at radius 2 is 1.88 bits per heavy atom. The highest BCUT2D eigenvalue weighted by molar-refractivity contribution is 5.73. The molecule has 1 unspecified atom stereocenters. The molecule has 8 heteroatoms. The molecule has 1 heterocycles. The summed E-state index contributed by atoms with van der Waals surface area (Å²) in [4.78, 5) is 35.0. The maximum Gasteiger partial charge on any atom is 0.407 e. The predicted molar refractivity (Wildman–Crippen MR) is 54.7 cm³/mol. The lowest BCUT2D eigenvalue weighted by Gasteiger charge is -2.38. The number of nitrogens with zero attached hydrogens (tertiary/aromatic N) is 2. The van der Waals surface area contributed by atoms with E-state index in [1.165, 1.54) is 7.11 Å². The zero-order valence-electron chi connectivity index (χ0n) is 9.33. The number of hydrogen-bond acceptors (Lipinski definition) is 4. The molecule has 1 fully saturated rings. The predicted octanol–water partition coefficient (Wildman–Crippen LogP) is -0.108. The van der Waals surface area contributed by atoms with Gasteiger partial charge in [-0.15, -0.1) is 0 Å². The lowest BCUT2D eigenvalue weighted by Crippen LogP contribution is -2.56. The van der Waals surface area contributed by atoms with Gasteiger partial charge in [-0.3, -0.25) is 4.79 Å². The topological polar surface area (TPSA) is 107 Å². The summed E-state index contributed by atoms with van der Waals surface area (Å²) in [5.74, 6) is -0.562. The first kappa shape index (κ1) is 13.1. The molecule has 0 aromatic carbocycles. The van der Waals surface area contributed by atoms with E-state index in [0.717, 1.165) is 9.80 Å². The van der Waals surface area contributed by atoms with E-state index in [1.807, 2.05) is 0 Å². The number of rotatable bonds is 2. The summed E-state index contributed by atoms with van der Waals surface area (Å²) in [6.45, 7) is 0.152. The monoisotopic (exact) mass is 246 g/mol. The van der Waals surface area contributed by atoms with Crippen molar-refractivity contribution in [1.29, 1.82) is 0 Å². The van der Waals surface area contributed by atoms with Crippen LogP contribution >= 0.6 is 0 Å². The average Bonchev–Trinajstić information content (AvgIpc) is 2.28. The van der Waals surface area contributed by atoms with E-state index in [1.54, 1.807) is 0 Å². The first-order valence-electron chi connectivity index (χ1n) is 5.00. The molecule has 0 saturated carbocycles. The quantitative estimate of drug-likeness (QED) is 0.658. The molecule has 0 bridgehead atoms. The lowest BCUT2D eigenvalue weighted by atomic mass is 10.1.